The topological polar surface area (TPSA) is 39.1 Å². The Kier molecular flexibility index (Phi) is 3.28. The molecule has 0 aromatic heterocycles. The monoisotopic (exact) mass is 207 g/mol. The molecule has 2 fully saturated rings. The third kappa shape index (κ3) is 2.16. The predicted octanol–water partition coefficient (Wildman–Crippen LogP) is 1.36. The van der Waals surface area contributed by atoms with Gasteiger partial charge in [0.05, 0.1) is 6.07 Å². The summed E-state index contributed by atoms with van der Waals surface area (Å²) in [7, 11) is 0. The van der Waals surface area contributed by atoms with E-state index in [4.69, 9.17) is 0 Å². The van der Waals surface area contributed by atoms with Crippen LogP contribution in [-0.4, -0.2) is 36.6 Å². The summed E-state index contributed by atoms with van der Waals surface area (Å²) in [5.41, 5.74) is -0.153. The van der Waals surface area contributed by atoms with Gasteiger partial charge in [0, 0.05) is 6.54 Å². The number of nitrogens with zero attached hydrogens (tertiary/aromatic N) is 2. The summed E-state index contributed by atoms with van der Waals surface area (Å²) in [5.74, 6) is 0.763. The number of likely N-dealkylation sites (tertiary alicyclic amines) is 1. The molecule has 0 amide bonds. The molecule has 0 saturated carbocycles. The molecular formula is C12H21N3. The average Bonchev–Trinajstić information content (AvgIpc) is 2.30. The van der Waals surface area contributed by atoms with Gasteiger partial charge in [-0.1, -0.05) is 6.92 Å². The highest BCUT2D eigenvalue weighted by atomic mass is 15.2. The van der Waals surface area contributed by atoms with Crippen molar-refractivity contribution in [2.24, 2.45) is 5.92 Å². The molecule has 0 spiro atoms. The van der Waals surface area contributed by atoms with Gasteiger partial charge in [0.25, 0.3) is 0 Å². The minimum absolute atomic E-state index is 0.153. The van der Waals surface area contributed by atoms with E-state index in [1.54, 1.807) is 0 Å². The Bertz CT molecular complexity index is 250. The first-order valence-electron chi connectivity index (χ1n) is 6.14. The second-order valence-electron chi connectivity index (χ2n) is 5.09. The van der Waals surface area contributed by atoms with Gasteiger partial charge in [0.2, 0.25) is 0 Å². The molecule has 0 radical (unpaired) electrons. The van der Waals surface area contributed by atoms with E-state index in [2.05, 4.69) is 23.2 Å². The molecule has 3 heteroatoms. The van der Waals surface area contributed by atoms with Gasteiger partial charge < -0.3 is 5.32 Å². The molecule has 2 aliphatic heterocycles. The second kappa shape index (κ2) is 4.51. The summed E-state index contributed by atoms with van der Waals surface area (Å²) in [5, 5.41) is 12.8. The van der Waals surface area contributed by atoms with Crippen molar-refractivity contribution >= 4 is 0 Å². The molecule has 3 nitrogen and oxygen atoms in total. The molecule has 2 rings (SSSR count). The minimum Gasteiger partial charge on any atom is -0.317 e. The zero-order chi connectivity index (χ0) is 10.7. The highest BCUT2D eigenvalue weighted by Gasteiger charge is 2.39. The zero-order valence-electron chi connectivity index (χ0n) is 9.63. The Morgan fingerprint density at radius 1 is 1.40 bits per heavy atom. The Morgan fingerprint density at radius 2 is 2.13 bits per heavy atom. The average molecular weight is 207 g/mol. The van der Waals surface area contributed by atoms with E-state index in [-0.39, 0.29) is 5.54 Å². The maximum absolute atomic E-state index is 9.46. The Balaban J connectivity index is 2.07. The lowest BCUT2D eigenvalue weighted by molar-refractivity contribution is 0.0618. The number of piperidine rings is 2. The van der Waals surface area contributed by atoms with Gasteiger partial charge in [-0.25, -0.2) is 0 Å². The summed E-state index contributed by atoms with van der Waals surface area (Å²) in [6, 6.07) is 2.59. The van der Waals surface area contributed by atoms with Crippen LogP contribution >= 0.6 is 0 Å². The van der Waals surface area contributed by atoms with Crippen LogP contribution in [0.5, 0.6) is 0 Å². The largest absolute Gasteiger partial charge is 0.317 e. The fourth-order valence-electron chi connectivity index (χ4n) is 2.92. The van der Waals surface area contributed by atoms with Crippen LogP contribution in [0.25, 0.3) is 0 Å². The lowest BCUT2D eigenvalue weighted by Crippen LogP contribution is -2.56. The van der Waals surface area contributed by atoms with Crippen molar-refractivity contribution < 1.29 is 0 Å². The standard InChI is InChI=1S/C12H21N3/c1-11-3-2-8-15(9-11)12(10-13)4-6-14-7-5-12/h11,14H,2-9H2,1H3. The lowest BCUT2D eigenvalue weighted by Gasteiger charge is -2.45. The molecule has 2 aliphatic rings. The molecule has 1 N–H and O–H groups in total. The van der Waals surface area contributed by atoms with Crippen molar-refractivity contribution in [3.05, 3.63) is 0 Å². The SMILES string of the molecule is CC1CCCN(C2(C#N)CCNCC2)C1. The van der Waals surface area contributed by atoms with Crippen molar-refractivity contribution in [1.29, 1.82) is 5.26 Å². The van der Waals surface area contributed by atoms with Gasteiger partial charge in [-0.3, -0.25) is 4.90 Å². The van der Waals surface area contributed by atoms with Gasteiger partial charge >= 0.3 is 0 Å². The van der Waals surface area contributed by atoms with Crippen LogP contribution in [0, 0.1) is 17.2 Å². The molecule has 2 saturated heterocycles. The third-order valence-corrected chi connectivity index (χ3v) is 3.90. The first-order chi connectivity index (χ1) is 7.27. The smallest absolute Gasteiger partial charge is 0.111 e. The van der Waals surface area contributed by atoms with Crippen LogP contribution < -0.4 is 5.32 Å². The molecule has 0 bridgehead atoms. The van der Waals surface area contributed by atoms with E-state index in [9.17, 15) is 5.26 Å². The molecule has 2 heterocycles. The van der Waals surface area contributed by atoms with Crippen molar-refractivity contribution in [1.82, 2.24) is 10.2 Å². The van der Waals surface area contributed by atoms with E-state index in [0.29, 0.717) is 0 Å². The third-order valence-electron chi connectivity index (χ3n) is 3.90. The lowest BCUT2D eigenvalue weighted by atomic mass is 9.85. The number of nitriles is 1. The van der Waals surface area contributed by atoms with Gasteiger partial charge in [-0.15, -0.1) is 0 Å². The number of nitrogens with one attached hydrogen (secondary N) is 1. The summed E-state index contributed by atoms with van der Waals surface area (Å²) < 4.78 is 0. The molecule has 1 atom stereocenters. The quantitative estimate of drug-likeness (QED) is 0.705. The van der Waals surface area contributed by atoms with E-state index in [1.165, 1.54) is 12.8 Å². The maximum Gasteiger partial charge on any atom is 0.111 e. The molecule has 1 unspecified atom stereocenters. The van der Waals surface area contributed by atoms with Crippen molar-refractivity contribution in [3.8, 4) is 6.07 Å². The Morgan fingerprint density at radius 3 is 2.73 bits per heavy atom. The molecule has 0 aromatic rings. The first kappa shape index (κ1) is 10.9. The molecule has 0 aliphatic carbocycles. The normalized spacial score (nSPS) is 32.1. The molecule has 84 valence electrons. The van der Waals surface area contributed by atoms with E-state index >= 15 is 0 Å². The maximum atomic E-state index is 9.46. The van der Waals surface area contributed by atoms with Crippen molar-refractivity contribution in [2.75, 3.05) is 26.2 Å². The highest BCUT2D eigenvalue weighted by molar-refractivity contribution is 5.11. The van der Waals surface area contributed by atoms with Crippen LogP contribution in [0.1, 0.15) is 32.6 Å². The summed E-state index contributed by atoms with van der Waals surface area (Å²) in [4.78, 5) is 2.45. The van der Waals surface area contributed by atoms with Gasteiger partial charge in [-0.2, -0.15) is 5.26 Å². The number of hydrogen-bond donors (Lipinski definition) is 1. The van der Waals surface area contributed by atoms with Gasteiger partial charge in [0.15, 0.2) is 0 Å². The fraction of sp³-hybridized carbons (Fsp3) is 0.917. The molecule has 15 heavy (non-hydrogen) atoms. The second-order valence-corrected chi connectivity index (χ2v) is 5.09. The summed E-state index contributed by atoms with van der Waals surface area (Å²) >= 11 is 0. The van der Waals surface area contributed by atoms with E-state index in [1.807, 2.05) is 0 Å². The van der Waals surface area contributed by atoms with Crippen LogP contribution in [0.3, 0.4) is 0 Å². The molecular weight excluding hydrogens is 186 g/mol. The first-order valence-corrected chi connectivity index (χ1v) is 6.14. The van der Waals surface area contributed by atoms with Crippen LogP contribution in [-0.2, 0) is 0 Å². The Labute approximate surface area is 92.4 Å². The summed E-state index contributed by atoms with van der Waals surface area (Å²) in [6.45, 7) is 6.54. The van der Waals surface area contributed by atoms with E-state index < -0.39 is 0 Å². The van der Waals surface area contributed by atoms with E-state index in [0.717, 1.165) is 44.9 Å². The van der Waals surface area contributed by atoms with Gasteiger partial charge in [-0.05, 0) is 51.2 Å². The van der Waals surface area contributed by atoms with Crippen LogP contribution in [0.4, 0.5) is 0 Å². The predicted molar refractivity (Wildman–Crippen MR) is 60.4 cm³/mol. The fourth-order valence-corrected chi connectivity index (χ4v) is 2.92. The van der Waals surface area contributed by atoms with Crippen LogP contribution in [0.2, 0.25) is 0 Å². The zero-order valence-corrected chi connectivity index (χ0v) is 9.63. The minimum atomic E-state index is -0.153. The number of rotatable bonds is 1. The highest BCUT2D eigenvalue weighted by Crippen LogP contribution is 2.30. The van der Waals surface area contributed by atoms with Crippen LogP contribution in [0.15, 0.2) is 0 Å². The number of hydrogen-bond acceptors (Lipinski definition) is 3. The summed E-state index contributed by atoms with van der Waals surface area (Å²) in [6.07, 6.45) is 4.58. The van der Waals surface area contributed by atoms with Gasteiger partial charge in [0.1, 0.15) is 5.54 Å². The van der Waals surface area contributed by atoms with Crippen molar-refractivity contribution in [2.45, 2.75) is 38.1 Å². The van der Waals surface area contributed by atoms with Crippen molar-refractivity contribution in [3.63, 3.8) is 0 Å². The Hall–Kier alpha value is -0.590. The molecule has 0 aromatic carbocycles.